The summed E-state index contributed by atoms with van der Waals surface area (Å²) in [6.45, 7) is 3.58. The van der Waals surface area contributed by atoms with E-state index in [-0.39, 0.29) is 17.9 Å². The molecule has 21 heavy (non-hydrogen) atoms. The fourth-order valence-corrected chi connectivity index (χ4v) is 3.50. The van der Waals surface area contributed by atoms with Crippen molar-refractivity contribution in [2.45, 2.75) is 57.2 Å². The third kappa shape index (κ3) is 2.43. The van der Waals surface area contributed by atoms with Gasteiger partial charge in [-0.2, -0.15) is 0 Å². The summed E-state index contributed by atoms with van der Waals surface area (Å²) < 4.78 is 0. The highest BCUT2D eigenvalue weighted by Crippen LogP contribution is 2.36. The molecule has 1 aliphatic carbocycles. The molecule has 1 N–H and O–H groups in total. The van der Waals surface area contributed by atoms with E-state index in [0.29, 0.717) is 0 Å². The molecule has 0 radical (unpaired) electrons. The van der Waals surface area contributed by atoms with Crippen LogP contribution in [0.5, 0.6) is 0 Å². The lowest BCUT2D eigenvalue weighted by Gasteiger charge is -2.45. The first-order valence-electron chi connectivity index (χ1n) is 7.70. The molecule has 2 fully saturated rings. The minimum absolute atomic E-state index is 0.0304. The maximum Gasteiger partial charge on any atom is 0.248 e. The van der Waals surface area contributed by atoms with Crippen LogP contribution in [0.25, 0.3) is 0 Å². The van der Waals surface area contributed by atoms with Crippen LogP contribution < -0.4 is 5.32 Å². The van der Waals surface area contributed by atoms with Gasteiger partial charge in [0.25, 0.3) is 0 Å². The molecule has 0 spiro atoms. The van der Waals surface area contributed by atoms with Crippen LogP contribution in [-0.2, 0) is 9.59 Å². The molecular formula is C17H22N2O2. The van der Waals surface area contributed by atoms with E-state index in [0.717, 1.165) is 31.2 Å². The number of piperazine rings is 1. The molecule has 2 aliphatic rings. The summed E-state index contributed by atoms with van der Waals surface area (Å²) in [5.41, 5.74) is 0.0797. The zero-order valence-electron chi connectivity index (χ0n) is 12.6. The van der Waals surface area contributed by atoms with Crippen LogP contribution >= 0.6 is 0 Å². The van der Waals surface area contributed by atoms with Crippen LogP contribution in [0.4, 0.5) is 0 Å². The van der Waals surface area contributed by atoms with Gasteiger partial charge in [-0.3, -0.25) is 9.59 Å². The SMILES string of the molecule is CC1(C)NC(=O)C(c2ccccc2)N(C2CCCC2)C1=O. The van der Waals surface area contributed by atoms with Crippen molar-refractivity contribution in [2.75, 3.05) is 0 Å². The van der Waals surface area contributed by atoms with Crippen molar-refractivity contribution in [3.8, 4) is 0 Å². The predicted molar refractivity (Wildman–Crippen MR) is 80.5 cm³/mol. The fourth-order valence-electron chi connectivity index (χ4n) is 3.50. The first-order valence-corrected chi connectivity index (χ1v) is 7.70. The summed E-state index contributed by atoms with van der Waals surface area (Å²) in [6, 6.07) is 9.31. The van der Waals surface area contributed by atoms with Crippen LogP contribution in [0.1, 0.15) is 51.1 Å². The molecule has 1 aromatic carbocycles. The van der Waals surface area contributed by atoms with Gasteiger partial charge in [0.05, 0.1) is 0 Å². The largest absolute Gasteiger partial charge is 0.340 e. The van der Waals surface area contributed by atoms with E-state index in [9.17, 15) is 9.59 Å². The molecule has 3 rings (SSSR count). The average Bonchev–Trinajstić information content (AvgIpc) is 2.96. The maximum atomic E-state index is 12.9. The van der Waals surface area contributed by atoms with E-state index in [1.165, 1.54) is 0 Å². The number of hydrogen-bond donors (Lipinski definition) is 1. The topological polar surface area (TPSA) is 49.4 Å². The van der Waals surface area contributed by atoms with Crippen LogP contribution in [-0.4, -0.2) is 28.3 Å². The van der Waals surface area contributed by atoms with Gasteiger partial charge >= 0.3 is 0 Å². The summed E-state index contributed by atoms with van der Waals surface area (Å²) in [5, 5.41) is 2.88. The molecule has 112 valence electrons. The number of carbonyl (C=O) groups excluding carboxylic acids is 2. The third-order valence-electron chi connectivity index (χ3n) is 4.56. The molecule has 1 saturated carbocycles. The van der Waals surface area contributed by atoms with Gasteiger partial charge in [0.2, 0.25) is 11.8 Å². The summed E-state index contributed by atoms with van der Waals surface area (Å²) in [4.78, 5) is 27.3. The van der Waals surface area contributed by atoms with Crippen molar-refractivity contribution in [3.63, 3.8) is 0 Å². The van der Waals surface area contributed by atoms with Crippen LogP contribution in [0.2, 0.25) is 0 Å². The Balaban J connectivity index is 2.02. The van der Waals surface area contributed by atoms with Gasteiger partial charge in [0.15, 0.2) is 0 Å². The van der Waals surface area contributed by atoms with Gasteiger partial charge in [-0.15, -0.1) is 0 Å². The number of amides is 2. The molecule has 1 aromatic rings. The highest BCUT2D eigenvalue weighted by Gasteiger charge is 2.48. The van der Waals surface area contributed by atoms with Crippen LogP contribution in [0.15, 0.2) is 30.3 Å². The molecule has 0 bridgehead atoms. The molecule has 1 atom stereocenters. The Labute approximate surface area is 125 Å². The van der Waals surface area contributed by atoms with Gasteiger partial charge in [0.1, 0.15) is 11.6 Å². The molecular weight excluding hydrogens is 264 g/mol. The highest BCUT2D eigenvalue weighted by molar-refractivity contribution is 6.00. The molecule has 1 unspecified atom stereocenters. The van der Waals surface area contributed by atoms with Crippen molar-refractivity contribution in [3.05, 3.63) is 35.9 Å². The van der Waals surface area contributed by atoms with Crippen LogP contribution in [0, 0.1) is 0 Å². The number of nitrogens with one attached hydrogen (secondary N) is 1. The summed E-state index contributed by atoms with van der Waals surface area (Å²) >= 11 is 0. The first-order chi connectivity index (χ1) is 10.0. The minimum atomic E-state index is -0.815. The molecule has 2 amide bonds. The molecule has 0 aromatic heterocycles. The number of benzene rings is 1. The Morgan fingerprint density at radius 3 is 2.33 bits per heavy atom. The smallest absolute Gasteiger partial charge is 0.248 e. The van der Waals surface area contributed by atoms with E-state index in [2.05, 4.69) is 5.32 Å². The monoisotopic (exact) mass is 286 g/mol. The maximum absolute atomic E-state index is 12.9. The van der Waals surface area contributed by atoms with Crippen molar-refractivity contribution >= 4 is 11.8 Å². The molecule has 4 heteroatoms. The Morgan fingerprint density at radius 2 is 1.71 bits per heavy atom. The lowest BCUT2D eigenvalue weighted by Crippen LogP contribution is -2.66. The lowest BCUT2D eigenvalue weighted by atomic mass is 9.91. The fraction of sp³-hybridized carbons (Fsp3) is 0.529. The number of rotatable bonds is 2. The molecule has 1 aliphatic heterocycles. The highest BCUT2D eigenvalue weighted by atomic mass is 16.2. The number of carbonyl (C=O) groups is 2. The van der Waals surface area contributed by atoms with Gasteiger partial charge in [-0.1, -0.05) is 43.2 Å². The average molecular weight is 286 g/mol. The lowest BCUT2D eigenvalue weighted by molar-refractivity contribution is -0.156. The Bertz CT molecular complexity index is 547. The normalized spacial score (nSPS) is 26.0. The molecule has 1 heterocycles. The third-order valence-corrected chi connectivity index (χ3v) is 4.56. The number of hydrogen-bond acceptors (Lipinski definition) is 2. The number of nitrogens with zero attached hydrogens (tertiary/aromatic N) is 1. The van der Waals surface area contributed by atoms with E-state index < -0.39 is 11.6 Å². The second-order valence-electron chi connectivity index (χ2n) is 6.58. The first kappa shape index (κ1) is 14.1. The Kier molecular flexibility index (Phi) is 3.47. The predicted octanol–water partition coefficient (Wildman–Crippen LogP) is 2.41. The van der Waals surface area contributed by atoms with Gasteiger partial charge in [0, 0.05) is 6.04 Å². The molecule has 4 nitrogen and oxygen atoms in total. The zero-order valence-corrected chi connectivity index (χ0v) is 12.6. The van der Waals surface area contributed by atoms with Crippen molar-refractivity contribution in [1.29, 1.82) is 0 Å². The van der Waals surface area contributed by atoms with Crippen molar-refractivity contribution in [1.82, 2.24) is 10.2 Å². The van der Waals surface area contributed by atoms with Crippen LogP contribution in [0.3, 0.4) is 0 Å². The summed E-state index contributed by atoms with van der Waals surface area (Å²) in [6.07, 6.45) is 4.27. The van der Waals surface area contributed by atoms with E-state index >= 15 is 0 Å². The van der Waals surface area contributed by atoms with E-state index in [4.69, 9.17) is 0 Å². The minimum Gasteiger partial charge on any atom is -0.340 e. The van der Waals surface area contributed by atoms with E-state index in [1.807, 2.05) is 35.2 Å². The Hall–Kier alpha value is -1.84. The zero-order chi connectivity index (χ0) is 15.0. The van der Waals surface area contributed by atoms with Crippen molar-refractivity contribution in [2.24, 2.45) is 0 Å². The van der Waals surface area contributed by atoms with Crippen molar-refractivity contribution < 1.29 is 9.59 Å². The van der Waals surface area contributed by atoms with Gasteiger partial charge in [-0.05, 0) is 32.3 Å². The summed E-state index contributed by atoms with van der Waals surface area (Å²) in [7, 11) is 0. The molecule has 1 saturated heterocycles. The van der Waals surface area contributed by atoms with Gasteiger partial charge < -0.3 is 10.2 Å². The van der Waals surface area contributed by atoms with E-state index in [1.54, 1.807) is 13.8 Å². The second-order valence-corrected chi connectivity index (χ2v) is 6.58. The van der Waals surface area contributed by atoms with Gasteiger partial charge in [-0.25, -0.2) is 0 Å². The quantitative estimate of drug-likeness (QED) is 0.907. The standard InChI is InChI=1S/C17H22N2O2/c1-17(2)16(21)19(13-10-6-7-11-13)14(15(20)18-17)12-8-4-3-5-9-12/h3-5,8-9,13-14H,6-7,10-11H2,1-2H3,(H,18,20). The second kappa shape index (κ2) is 5.17. The Morgan fingerprint density at radius 1 is 1.10 bits per heavy atom. The summed E-state index contributed by atoms with van der Waals surface area (Å²) in [5.74, 6) is -0.0412.